The summed E-state index contributed by atoms with van der Waals surface area (Å²) in [5.41, 5.74) is 6.06. The zero-order valence-electron chi connectivity index (χ0n) is 15.6. The Morgan fingerprint density at radius 2 is 1.61 bits per heavy atom. The number of amides is 2. The molecule has 0 aliphatic heterocycles. The average Bonchev–Trinajstić information content (AvgIpc) is 2.65. The van der Waals surface area contributed by atoms with Crippen molar-refractivity contribution in [3.05, 3.63) is 71.3 Å². The van der Waals surface area contributed by atoms with Gasteiger partial charge in [0.05, 0.1) is 5.56 Å². The summed E-state index contributed by atoms with van der Waals surface area (Å²) in [5.74, 6) is -1.13. The number of hydrogen-bond acceptors (Lipinski definition) is 2. The minimum absolute atomic E-state index is 0.0472. The van der Waals surface area contributed by atoms with E-state index in [1.807, 2.05) is 30.3 Å². The van der Waals surface area contributed by atoms with Crippen LogP contribution in [0.3, 0.4) is 0 Å². The largest absolute Gasteiger partial charge is 0.416 e. The lowest BCUT2D eigenvalue weighted by Crippen LogP contribution is -2.37. The molecule has 0 aliphatic rings. The number of nitrogens with zero attached hydrogens (tertiary/aromatic N) is 1. The second kappa shape index (κ2) is 9.39. The number of rotatable bonds is 8. The number of hydrogen-bond donors (Lipinski definition) is 1. The molecule has 0 saturated heterocycles. The van der Waals surface area contributed by atoms with Crippen LogP contribution in [-0.4, -0.2) is 23.3 Å². The van der Waals surface area contributed by atoms with Crippen molar-refractivity contribution in [2.24, 2.45) is 11.7 Å². The molecule has 2 aromatic rings. The summed E-state index contributed by atoms with van der Waals surface area (Å²) in [6.45, 7) is 2.26. The van der Waals surface area contributed by atoms with Gasteiger partial charge in [-0.05, 0) is 29.7 Å². The van der Waals surface area contributed by atoms with E-state index in [1.165, 1.54) is 12.1 Å². The lowest BCUT2D eigenvalue weighted by Gasteiger charge is -2.26. The van der Waals surface area contributed by atoms with Crippen LogP contribution in [0.4, 0.5) is 13.2 Å². The maximum Gasteiger partial charge on any atom is 0.416 e. The van der Waals surface area contributed by atoms with Gasteiger partial charge in [-0.25, -0.2) is 0 Å². The summed E-state index contributed by atoms with van der Waals surface area (Å²) < 4.78 is 38.0. The van der Waals surface area contributed by atoms with Gasteiger partial charge in [0.15, 0.2) is 0 Å². The zero-order valence-corrected chi connectivity index (χ0v) is 15.6. The normalized spacial score (nSPS) is 12.4. The maximum atomic E-state index is 12.9. The first kappa shape index (κ1) is 21.5. The highest BCUT2D eigenvalue weighted by Gasteiger charge is 2.30. The SMILES string of the molecule is CC(Cc1ccc(C(F)(F)F)cc1)C(=O)N(CCC(N)=O)Cc1ccccc1. The van der Waals surface area contributed by atoms with E-state index < -0.39 is 23.6 Å². The van der Waals surface area contributed by atoms with Crippen LogP contribution in [0.15, 0.2) is 54.6 Å². The molecule has 2 rings (SSSR count). The van der Waals surface area contributed by atoms with Crippen LogP contribution in [-0.2, 0) is 28.7 Å². The van der Waals surface area contributed by atoms with Gasteiger partial charge in [-0.15, -0.1) is 0 Å². The van der Waals surface area contributed by atoms with E-state index in [-0.39, 0.29) is 18.9 Å². The summed E-state index contributed by atoms with van der Waals surface area (Å²) >= 11 is 0. The minimum Gasteiger partial charge on any atom is -0.370 e. The standard InChI is InChI=1S/C21H23F3N2O2/c1-15(13-16-7-9-18(10-8-16)21(22,23)24)20(28)26(12-11-19(25)27)14-17-5-3-2-4-6-17/h2-10,15H,11-14H2,1H3,(H2,25,27). The average molecular weight is 392 g/mol. The van der Waals surface area contributed by atoms with Gasteiger partial charge >= 0.3 is 6.18 Å². The minimum atomic E-state index is -4.39. The van der Waals surface area contributed by atoms with Crippen molar-refractivity contribution in [2.45, 2.75) is 32.5 Å². The smallest absolute Gasteiger partial charge is 0.370 e. The topological polar surface area (TPSA) is 63.4 Å². The van der Waals surface area contributed by atoms with E-state index in [0.29, 0.717) is 18.5 Å². The summed E-state index contributed by atoms with van der Waals surface area (Å²) in [4.78, 5) is 25.6. The van der Waals surface area contributed by atoms with Crippen LogP contribution in [0.25, 0.3) is 0 Å². The van der Waals surface area contributed by atoms with E-state index in [4.69, 9.17) is 5.73 Å². The molecule has 0 spiro atoms. The van der Waals surface area contributed by atoms with Crippen LogP contribution in [0, 0.1) is 5.92 Å². The predicted octanol–water partition coefficient (Wildman–Crippen LogP) is 3.79. The third-order valence-corrected chi connectivity index (χ3v) is 4.40. The van der Waals surface area contributed by atoms with E-state index in [0.717, 1.165) is 17.7 Å². The number of benzene rings is 2. The number of halogens is 3. The molecular weight excluding hydrogens is 369 g/mol. The van der Waals surface area contributed by atoms with Crippen molar-refractivity contribution in [1.82, 2.24) is 4.90 Å². The fourth-order valence-electron chi connectivity index (χ4n) is 2.90. The molecule has 0 fully saturated rings. The summed E-state index contributed by atoms with van der Waals surface area (Å²) in [6, 6.07) is 14.1. The molecule has 150 valence electrons. The van der Waals surface area contributed by atoms with Crippen molar-refractivity contribution in [3.63, 3.8) is 0 Å². The quantitative estimate of drug-likeness (QED) is 0.743. The first-order valence-corrected chi connectivity index (χ1v) is 8.94. The fourth-order valence-corrected chi connectivity index (χ4v) is 2.90. The van der Waals surface area contributed by atoms with Gasteiger partial charge in [-0.3, -0.25) is 9.59 Å². The number of nitrogens with two attached hydrogens (primary N) is 1. The molecule has 1 atom stereocenters. The highest BCUT2D eigenvalue weighted by atomic mass is 19.4. The van der Waals surface area contributed by atoms with Crippen molar-refractivity contribution in [1.29, 1.82) is 0 Å². The van der Waals surface area contributed by atoms with Crippen LogP contribution in [0.1, 0.15) is 30.0 Å². The Hall–Kier alpha value is -2.83. The van der Waals surface area contributed by atoms with Crippen molar-refractivity contribution in [3.8, 4) is 0 Å². The molecule has 28 heavy (non-hydrogen) atoms. The van der Waals surface area contributed by atoms with Crippen LogP contribution in [0.2, 0.25) is 0 Å². The monoisotopic (exact) mass is 392 g/mol. The molecule has 0 heterocycles. The van der Waals surface area contributed by atoms with Gasteiger partial charge in [0, 0.05) is 25.4 Å². The molecule has 2 N–H and O–H groups in total. The van der Waals surface area contributed by atoms with E-state index >= 15 is 0 Å². The summed E-state index contributed by atoms with van der Waals surface area (Å²) in [6.07, 6.45) is -4.04. The first-order chi connectivity index (χ1) is 13.2. The van der Waals surface area contributed by atoms with Crippen molar-refractivity contribution < 1.29 is 22.8 Å². The van der Waals surface area contributed by atoms with Gasteiger partial charge < -0.3 is 10.6 Å². The summed E-state index contributed by atoms with van der Waals surface area (Å²) in [7, 11) is 0. The molecule has 7 heteroatoms. The Morgan fingerprint density at radius 1 is 1.00 bits per heavy atom. The van der Waals surface area contributed by atoms with E-state index in [1.54, 1.807) is 11.8 Å². The third kappa shape index (κ3) is 6.40. The van der Waals surface area contributed by atoms with E-state index in [2.05, 4.69) is 0 Å². The lowest BCUT2D eigenvalue weighted by atomic mass is 9.98. The lowest BCUT2D eigenvalue weighted by molar-refractivity contribution is -0.138. The number of carbonyl (C=O) groups is 2. The van der Waals surface area contributed by atoms with Gasteiger partial charge in [0.1, 0.15) is 0 Å². The Bertz CT molecular complexity index is 790. The summed E-state index contributed by atoms with van der Waals surface area (Å²) in [5, 5.41) is 0. The van der Waals surface area contributed by atoms with Crippen molar-refractivity contribution in [2.75, 3.05) is 6.54 Å². The van der Waals surface area contributed by atoms with Gasteiger partial charge in [0.25, 0.3) is 0 Å². The fraction of sp³-hybridized carbons (Fsp3) is 0.333. The van der Waals surface area contributed by atoms with Crippen LogP contribution < -0.4 is 5.73 Å². The number of alkyl halides is 3. The van der Waals surface area contributed by atoms with Crippen LogP contribution >= 0.6 is 0 Å². The van der Waals surface area contributed by atoms with Crippen molar-refractivity contribution >= 4 is 11.8 Å². The first-order valence-electron chi connectivity index (χ1n) is 8.94. The third-order valence-electron chi connectivity index (χ3n) is 4.40. The molecule has 2 amide bonds. The van der Waals surface area contributed by atoms with E-state index in [9.17, 15) is 22.8 Å². The second-order valence-corrected chi connectivity index (χ2v) is 6.76. The number of primary amides is 1. The van der Waals surface area contributed by atoms with Gasteiger partial charge in [-0.1, -0.05) is 49.4 Å². The Kier molecular flexibility index (Phi) is 7.20. The highest BCUT2D eigenvalue weighted by molar-refractivity contribution is 5.80. The molecule has 4 nitrogen and oxygen atoms in total. The Morgan fingerprint density at radius 3 is 2.14 bits per heavy atom. The predicted molar refractivity (Wildman–Crippen MR) is 100.0 cm³/mol. The van der Waals surface area contributed by atoms with Gasteiger partial charge in [0.2, 0.25) is 11.8 Å². The molecule has 0 saturated carbocycles. The zero-order chi connectivity index (χ0) is 20.7. The maximum absolute atomic E-state index is 12.9. The van der Waals surface area contributed by atoms with Gasteiger partial charge in [-0.2, -0.15) is 13.2 Å². The highest BCUT2D eigenvalue weighted by Crippen LogP contribution is 2.29. The Labute approximate surface area is 162 Å². The number of carbonyl (C=O) groups excluding carboxylic acids is 2. The van der Waals surface area contributed by atoms with Crippen LogP contribution in [0.5, 0.6) is 0 Å². The molecule has 0 aliphatic carbocycles. The molecule has 0 bridgehead atoms. The molecule has 1 unspecified atom stereocenters. The molecule has 2 aromatic carbocycles. The molecular formula is C21H23F3N2O2. The molecule has 0 radical (unpaired) electrons. The molecule has 0 aromatic heterocycles. The Balaban J connectivity index is 2.07. The second-order valence-electron chi connectivity index (χ2n) is 6.76.